The van der Waals surface area contributed by atoms with Crippen LogP contribution in [-0.2, 0) is 20.6 Å². The third kappa shape index (κ3) is 4.58. The van der Waals surface area contributed by atoms with Gasteiger partial charge in [0.25, 0.3) is 0 Å². The maximum atomic E-state index is 13.0. The predicted octanol–water partition coefficient (Wildman–Crippen LogP) is 2.52. The van der Waals surface area contributed by atoms with E-state index in [1.165, 1.54) is 24.3 Å². The molecule has 0 bridgehead atoms. The van der Waals surface area contributed by atoms with E-state index in [1.54, 1.807) is 4.31 Å². The lowest BCUT2D eigenvalue weighted by Crippen LogP contribution is -2.45. The third-order valence-corrected chi connectivity index (χ3v) is 6.99. The van der Waals surface area contributed by atoms with Crippen LogP contribution in [-0.4, -0.2) is 49.2 Å². The second-order valence-corrected chi connectivity index (χ2v) is 8.84. The van der Waals surface area contributed by atoms with Crippen molar-refractivity contribution in [2.45, 2.75) is 50.3 Å². The number of benzene rings is 1. The molecule has 2 aliphatic rings. The van der Waals surface area contributed by atoms with Crippen LogP contribution in [0.4, 0.5) is 4.39 Å². The molecule has 0 radical (unpaired) electrons. The van der Waals surface area contributed by atoms with Crippen molar-refractivity contribution < 1.29 is 17.6 Å². The van der Waals surface area contributed by atoms with Crippen LogP contribution >= 0.6 is 0 Å². The Morgan fingerprint density at radius 2 is 1.84 bits per heavy atom. The first-order valence-electron chi connectivity index (χ1n) is 8.97. The van der Waals surface area contributed by atoms with Gasteiger partial charge in [0.1, 0.15) is 5.82 Å². The molecule has 7 heteroatoms. The fourth-order valence-corrected chi connectivity index (χ4v) is 5.60. The van der Waals surface area contributed by atoms with E-state index in [9.17, 15) is 17.6 Å². The topological polar surface area (TPSA) is 57.7 Å². The smallest absolute Gasteiger partial charge is 0.222 e. The number of amides is 1. The van der Waals surface area contributed by atoms with E-state index in [0.717, 1.165) is 32.2 Å². The first-order chi connectivity index (χ1) is 12.0. The Bertz CT molecular complexity index is 706. The molecule has 0 aromatic heterocycles. The number of carbonyl (C=O) groups is 1. The van der Waals surface area contributed by atoms with Gasteiger partial charge in [0.15, 0.2) is 0 Å². The molecule has 0 spiro atoms. The summed E-state index contributed by atoms with van der Waals surface area (Å²) >= 11 is 0. The van der Waals surface area contributed by atoms with E-state index in [0.29, 0.717) is 31.5 Å². The molecule has 2 fully saturated rings. The van der Waals surface area contributed by atoms with Crippen molar-refractivity contribution in [3.8, 4) is 0 Å². The van der Waals surface area contributed by atoms with Gasteiger partial charge in [-0.05, 0) is 43.4 Å². The Balaban J connectivity index is 1.66. The van der Waals surface area contributed by atoms with Crippen molar-refractivity contribution in [3.63, 3.8) is 0 Å². The van der Waals surface area contributed by atoms with E-state index in [4.69, 9.17) is 0 Å². The second-order valence-electron chi connectivity index (χ2n) is 6.92. The molecule has 5 nitrogen and oxygen atoms in total. The standard InChI is InChI=1S/C18H25FN2O3S/c19-16-8-6-15(7-9-16)14-25(23,24)21-12-2-1-4-17(21)10-13-20-11-3-5-18(20)22/h6-9,17H,1-5,10-14H2/t17-/m0/s1. The molecule has 0 unspecified atom stereocenters. The van der Waals surface area contributed by atoms with Gasteiger partial charge in [0.2, 0.25) is 15.9 Å². The third-order valence-electron chi connectivity index (χ3n) is 5.10. The molecule has 1 aromatic rings. The lowest BCUT2D eigenvalue weighted by Gasteiger charge is -2.35. The summed E-state index contributed by atoms with van der Waals surface area (Å²) in [6.45, 7) is 1.95. The Kier molecular flexibility index (Phi) is 5.74. The number of halogens is 1. The summed E-state index contributed by atoms with van der Waals surface area (Å²) in [5, 5.41) is 0. The summed E-state index contributed by atoms with van der Waals surface area (Å²) in [5.41, 5.74) is 0.598. The Morgan fingerprint density at radius 1 is 1.08 bits per heavy atom. The van der Waals surface area contributed by atoms with Crippen LogP contribution in [0.15, 0.2) is 24.3 Å². The van der Waals surface area contributed by atoms with Crippen LogP contribution in [0.25, 0.3) is 0 Å². The molecule has 1 amide bonds. The Morgan fingerprint density at radius 3 is 2.52 bits per heavy atom. The van der Waals surface area contributed by atoms with Crippen LogP contribution in [0, 0.1) is 5.82 Å². The molecule has 0 saturated carbocycles. The monoisotopic (exact) mass is 368 g/mol. The molecule has 1 atom stereocenters. The van der Waals surface area contributed by atoms with Crippen molar-refractivity contribution in [1.82, 2.24) is 9.21 Å². The minimum absolute atomic E-state index is 0.0485. The molecular weight excluding hydrogens is 343 g/mol. The fraction of sp³-hybridized carbons (Fsp3) is 0.611. The number of likely N-dealkylation sites (tertiary alicyclic amines) is 1. The molecular formula is C18H25FN2O3S. The summed E-state index contributed by atoms with van der Waals surface area (Å²) in [5.74, 6) is -0.296. The zero-order valence-corrected chi connectivity index (χ0v) is 15.2. The number of piperidine rings is 1. The van der Waals surface area contributed by atoms with Gasteiger partial charge in [-0.1, -0.05) is 18.6 Å². The minimum atomic E-state index is -3.45. The summed E-state index contributed by atoms with van der Waals surface area (Å²) in [6, 6.07) is 5.58. The highest BCUT2D eigenvalue weighted by Crippen LogP contribution is 2.26. The lowest BCUT2D eigenvalue weighted by molar-refractivity contribution is -0.127. The van der Waals surface area contributed by atoms with E-state index >= 15 is 0 Å². The van der Waals surface area contributed by atoms with Crippen molar-refractivity contribution in [2.24, 2.45) is 0 Å². The summed E-state index contributed by atoms with van der Waals surface area (Å²) < 4.78 is 40.4. The molecule has 3 rings (SSSR count). The highest BCUT2D eigenvalue weighted by Gasteiger charge is 2.33. The van der Waals surface area contributed by atoms with Gasteiger partial charge in [-0.15, -0.1) is 0 Å². The molecule has 0 aliphatic carbocycles. The predicted molar refractivity (Wildman–Crippen MR) is 93.8 cm³/mol. The number of carbonyl (C=O) groups excluding carboxylic acids is 1. The Hall–Kier alpha value is -1.47. The number of rotatable bonds is 6. The highest BCUT2D eigenvalue weighted by molar-refractivity contribution is 7.88. The van der Waals surface area contributed by atoms with Gasteiger partial charge in [-0.25, -0.2) is 12.8 Å². The van der Waals surface area contributed by atoms with Crippen molar-refractivity contribution >= 4 is 15.9 Å². The largest absolute Gasteiger partial charge is 0.343 e. The molecule has 138 valence electrons. The zero-order chi connectivity index (χ0) is 17.9. The first kappa shape index (κ1) is 18.3. The highest BCUT2D eigenvalue weighted by atomic mass is 32.2. The fourth-order valence-electron chi connectivity index (χ4n) is 3.75. The molecule has 25 heavy (non-hydrogen) atoms. The average Bonchev–Trinajstić information content (AvgIpc) is 3.00. The number of nitrogens with zero attached hydrogens (tertiary/aromatic N) is 2. The minimum Gasteiger partial charge on any atom is -0.343 e. The number of hydrogen-bond acceptors (Lipinski definition) is 3. The summed E-state index contributed by atoms with van der Waals surface area (Å²) in [4.78, 5) is 13.6. The van der Waals surface area contributed by atoms with Crippen LogP contribution in [0.1, 0.15) is 44.1 Å². The normalized spacial score (nSPS) is 22.5. The SMILES string of the molecule is O=C1CCCN1CC[C@@H]1CCCCN1S(=O)(=O)Cc1ccc(F)cc1. The molecule has 1 aromatic carbocycles. The van der Waals surface area contributed by atoms with Crippen molar-refractivity contribution in [2.75, 3.05) is 19.6 Å². The second kappa shape index (κ2) is 7.83. The first-order valence-corrected chi connectivity index (χ1v) is 10.6. The van der Waals surface area contributed by atoms with Crippen LogP contribution in [0.5, 0.6) is 0 Å². The van der Waals surface area contributed by atoms with Crippen molar-refractivity contribution in [3.05, 3.63) is 35.6 Å². The zero-order valence-electron chi connectivity index (χ0n) is 14.4. The van der Waals surface area contributed by atoms with E-state index < -0.39 is 10.0 Å². The Labute approximate surface area is 148 Å². The van der Waals surface area contributed by atoms with Crippen molar-refractivity contribution in [1.29, 1.82) is 0 Å². The van der Waals surface area contributed by atoms with Crippen LogP contribution in [0.3, 0.4) is 0 Å². The van der Waals surface area contributed by atoms with Crippen LogP contribution in [0.2, 0.25) is 0 Å². The average molecular weight is 368 g/mol. The van der Waals surface area contributed by atoms with Gasteiger partial charge in [-0.2, -0.15) is 4.31 Å². The number of sulfonamides is 1. The van der Waals surface area contributed by atoms with Gasteiger partial charge in [-0.3, -0.25) is 4.79 Å². The molecule has 2 aliphatic heterocycles. The summed E-state index contributed by atoms with van der Waals surface area (Å²) in [7, 11) is -3.45. The maximum Gasteiger partial charge on any atom is 0.222 e. The van der Waals surface area contributed by atoms with E-state index in [2.05, 4.69) is 0 Å². The quantitative estimate of drug-likeness (QED) is 0.775. The van der Waals surface area contributed by atoms with Gasteiger partial charge < -0.3 is 4.90 Å². The molecule has 2 heterocycles. The maximum absolute atomic E-state index is 13.0. The van der Waals surface area contributed by atoms with E-state index in [-0.39, 0.29) is 23.5 Å². The number of hydrogen-bond donors (Lipinski definition) is 0. The van der Waals surface area contributed by atoms with Gasteiger partial charge in [0.05, 0.1) is 5.75 Å². The van der Waals surface area contributed by atoms with Gasteiger partial charge in [0, 0.05) is 32.1 Å². The molecule has 0 N–H and O–H groups in total. The van der Waals surface area contributed by atoms with Crippen LogP contribution < -0.4 is 0 Å². The van der Waals surface area contributed by atoms with Gasteiger partial charge >= 0.3 is 0 Å². The molecule has 2 saturated heterocycles. The lowest BCUT2D eigenvalue weighted by atomic mass is 10.0. The summed E-state index contributed by atoms with van der Waals surface area (Å²) in [6.07, 6.45) is 4.91. The van der Waals surface area contributed by atoms with E-state index in [1.807, 2.05) is 4.90 Å².